The predicted octanol–water partition coefficient (Wildman–Crippen LogP) is 4.68. The number of benzene rings is 1. The van der Waals surface area contributed by atoms with Gasteiger partial charge in [-0.2, -0.15) is 5.10 Å². The molecule has 3 aromatic rings. The highest BCUT2D eigenvalue weighted by Crippen LogP contribution is 2.17. The summed E-state index contributed by atoms with van der Waals surface area (Å²) in [6, 6.07) is 9.42. The first kappa shape index (κ1) is 19.8. The van der Waals surface area contributed by atoms with Crippen molar-refractivity contribution in [1.29, 1.82) is 0 Å². The Morgan fingerprint density at radius 1 is 1.36 bits per heavy atom. The second-order valence-electron chi connectivity index (χ2n) is 6.33. The lowest BCUT2D eigenvalue weighted by molar-refractivity contribution is -0.111. The molecule has 1 aromatic carbocycles. The third-order valence-corrected chi connectivity index (χ3v) is 4.85. The van der Waals surface area contributed by atoms with Crippen LogP contribution in [-0.4, -0.2) is 20.7 Å². The van der Waals surface area contributed by atoms with Gasteiger partial charge in [-0.25, -0.2) is 9.67 Å². The molecule has 2 aromatic heterocycles. The highest BCUT2D eigenvalue weighted by atomic mass is 32.1. The first-order valence-corrected chi connectivity index (χ1v) is 10.2. The molecule has 0 unspecified atom stereocenters. The van der Waals surface area contributed by atoms with Crippen molar-refractivity contribution in [3.05, 3.63) is 64.2 Å². The number of carbonyl (C=O) groups is 1. The molecule has 1 amide bonds. The highest BCUT2D eigenvalue weighted by molar-refractivity contribution is 7.09. The molecule has 0 aliphatic rings. The van der Waals surface area contributed by atoms with E-state index >= 15 is 0 Å². The monoisotopic (exact) mass is 396 g/mol. The molecule has 0 fully saturated rings. The van der Waals surface area contributed by atoms with Gasteiger partial charge in [0.1, 0.15) is 18.2 Å². The lowest BCUT2D eigenvalue weighted by Gasteiger charge is -2.07. The maximum Gasteiger partial charge on any atom is 0.249 e. The summed E-state index contributed by atoms with van der Waals surface area (Å²) in [6.07, 6.45) is 7.07. The number of aromatic nitrogens is 3. The molecular formula is C21H24N4O2S. The van der Waals surface area contributed by atoms with Crippen molar-refractivity contribution >= 4 is 29.1 Å². The summed E-state index contributed by atoms with van der Waals surface area (Å²) in [4.78, 5) is 16.6. The number of ether oxygens (including phenoxy) is 1. The predicted molar refractivity (Wildman–Crippen MR) is 112 cm³/mol. The molecule has 0 saturated heterocycles. The van der Waals surface area contributed by atoms with Gasteiger partial charge < -0.3 is 10.1 Å². The van der Waals surface area contributed by atoms with Crippen molar-refractivity contribution in [2.24, 2.45) is 0 Å². The molecular weight excluding hydrogens is 372 g/mol. The average Bonchev–Trinajstić information content (AvgIpc) is 3.32. The first-order chi connectivity index (χ1) is 13.6. The molecule has 3 rings (SSSR count). The molecule has 0 aliphatic heterocycles. The van der Waals surface area contributed by atoms with Crippen LogP contribution in [0.25, 0.3) is 6.08 Å². The zero-order chi connectivity index (χ0) is 19.8. The largest absolute Gasteiger partial charge is 0.487 e. The van der Waals surface area contributed by atoms with Crippen LogP contribution in [0.3, 0.4) is 0 Å². The number of thiazole rings is 1. The average molecular weight is 397 g/mol. The van der Waals surface area contributed by atoms with Crippen molar-refractivity contribution in [3.63, 3.8) is 0 Å². The topological polar surface area (TPSA) is 69.0 Å². The number of nitrogens with one attached hydrogen (secondary N) is 1. The maximum atomic E-state index is 12.2. The SMILES string of the molecule is CCCCn1nccc1NC(=O)/C=C/c1cccc(OCc2csc(C)n2)c1. The van der Waals surface area contributed by atoms with Crippen molar-refractivity contribution < 1.29 is 9.53 Å². The zero-order valence-electron chi connectivity index (χ0n) is 16.1. The van der Waals surface area contributed by atoms with Crippen molar-refractivity contribution in [2.75, 3.05) is 5.32 Å². The summed E-state index contributed by atoms with van der Waals surface area (Å²) < 4.78 is 7.60. The number of carbonyl (C=O) groups excluding carboxylic acids is 1. The molecule has 0 saturated carbocycles. The molecule has 0 radical (unpaired) electrons. The van der Waals surface area contributed by atoms with E-state index in [1.165, 1.54) is 6.08 Å². The molecule has 0 spiro atoms. The summed E-state index contributed by atoms with van der Waals surface area (Å²) in [5.74, 6) is 1.26. The highest BCUT2D eigenvalue weighted by Gasteiger charge is 2.05. The van der Waals surface area contributed by atoms with Crippen molar-refractivity contribution in [3.8, 4) is 5.75 Å². The van der Waals surface area contributed by atoms with Crippen LogP contribution in [0.2, 0.25) is 0 Å². The molecule has 6 nitrogen and oxygen atoms in total. The van der Waals surface area contributed by atoms with Crippen LogP contribution in [0.1, 0.15) is 36.0 Å². The Morgan fingerprint density at radius 3 is 3.04 bits per heavy atom. The minimum atomic E-state index is -0.192. The maximum absolute atomic E-state index is 12.2. The summed E-state index contributed by atoms with van der Waals surface area (Å²) in [6.45, 7) is 5.32. The van der Waals surface area contributed by atoms with Gasteiger partial charge in [0.25, 0.3) is 0 Å². The van der Waals surface area contributed by atoms with E-state index < -0.39 is 0 Å². The van der Waals surface area contributed by atoms with Crippen molar-refractivity contribution in [1.82, 2.24) is 14.8 Å². The molecule has 7 heteroatoms. The summed E-state index contributed by atoms with van der Waals surface area (Å²) >= 11 is 1.61. The Balaban J connectivity index is 1.56. The Bertz CT molecular complexity index is 945. The van der Waals surface area contributed by atoms with E-state index in [9.17, 15) is 4.79 Å². The lowest BCUT2D eigenvalue weighted by Crippen LogP contribution is -2.13. The van der Waals surface area contributed by atoms with E-state index in [-0.39, 0.29) is 5.91 Å². The summed E-state index contributed by atoms with van der Waals surface area (Å²) in [5, 5.41) is 10.1. The molecule has 1 N–H and O–H groups in total. The Labute approximate surface area is 168 Å². The van der Waals surface area contributed by atoms with Crippen LogP contribution in [0, 0.1) is 6.92 Å². The number of nitrogens with zero attached hydrogens (tertiary/aromatic N) is 3. The van der Waals surface area contributed by atoms with Gasteiger partial charge in [0.2, 0.25) is 5.91 Å². The van der Waals surface area contributed by atoms with Gasteiger partial charge in [-0.15, -0.1) is 11.3 Å². The summed E-state index contributed by atoms with van der Waals surface area (Å²) in [5.41, 5.74) is 1.81. The molecule has 2 heterocycles. The molecule has 0 atom stereocenters. The standard InChI is InChI=1S/C21H24N4O2S/c1-3-4-12-25-20(10-11-22-25)24-21(26)9-8-17-6-5-7-19(13-17)27-14-18-15-28-16(2)23-18/h5-11,13,15H,3-4,12,14H2,1-2H3,(H,24,26)/b9-8+. The van der Waals surface area contributed by atoms with Crippen LogP contribution in [-0.2, 0) is 17.9 Å². The molecule has 0 aliphatic carbocycles. The number of aryl methyl sites for hydroxylation is 2. The number of amides is 1. The number of unbranched alkanes of at least 4 members (excludes halogenated alkanes) is 1. The van der Waals surface area contributed by atoms with Crippen LogP contribution < -0.4 is 10.1 Å². The summed E-state index contributed by atoms with van der Waals surface area (Å²) in [7, 11) is 0. The zero-order valence-corrected chi connectivity index (χ0v) is 16.9. The number of anilines is 1. The minimum absolute atomic E-state index is 0.192. The first-order valence-electron chi connectivity index (χ1n) is 9.29. The fourth-order valence-electron chi connectivity index (χ4n) is 2.60. The van der Waals surface area contributed by atoms with Crippen LogP contribution >= 0.6 is 11.3 Å². The second-order valence-corrected chi connectivity index (χ2v) is 7.40. The number of hydrogen-bond donors (Lipinski definition) is 1. The van der Waals surface area contributed by atoms with E-state index in [0.717, 1.165) is 41.4 Å². The second kappa shape index (κ2) is 9.85. The third-order valence-electron chi connectivity index (χ3n) is 4.03. The minimum Gasteiger partial charge on any atom is -0.487 e. The van der Waals surface area contributed by atoms with E-state index in [4.69, 9.17) is 4.74 Å². The quantitative estimate of drug-likeness (QED) is 0.533. The Hall–Kier alpha value is -2.93. The number of hydrogen-bond acceptors (Lipinski definition) is 5. The van der Waals surface area contributed by atoms with Gasteiger partial charge in [0, 0.05) is 24.1 Å². The fourth-order valence-corrected chi connectivity index (χ4v) is 3.20. The van der Waals surface area contributed by atoms with E-state index in [1.807, 2.05) is 41.3 Å². The van der Waals surface area contributed by atoms with E-state index in [1.54, 1.807) is 29.7 Å². The van der Waals surface area contributed by atoms with Gasteiger partial charge in [-0.05, 0) is 37.1 Å². The van der Waals surface area contributed by atoms with Gasteiger partial charge in [0.15, 0.2) is 0 Å². The molecule has 0 bridgehead atoms. The Morgan fingerprint density at radius 2 is 2.25 bits per heavy atom. The normalized spacial score (nSPS) is 11.1. The van der Waals surface area contributed by atoms with Crippen LogP contribution in [0.5, 0.6) is 5.75 Å². The molecule has 146 valence electrons. The van der Waals surface area contributed by atoms with E-state index in [0.29, 0.717) is 12.4 Å². The van der Waals surface area contributed by atoms with E-state index in [2.05, 4.69) is 22.3 Å². The molecule has 28 heavy (non-hydrogen) atoms. The fraction of sp³-hybridized carbons (Fsp3) is 0.286. The van der Waals surface area contributed by atoms with Crippen LogP contribution in [0.4, 0.5) is 5.82 Å². The van der Waals surface area contributed by atoms with Gasteiger partial charge >= 0.3 is 0 Å². The van der Waals surface area contributed by atoms with Crippen molar-refractivity contribution in [2.45, 2.75) is 39.8 Å². The van der Waals surface area contributed by atoms with Gasteiger partial charge in [0.05, 0.1) is 16.9 Å². The Kier molecular flexibility index (Phi) is 6.97. The smallest absolute Gasteiger partial charge is 0.249 e. The van der Waals surface area contributed by atoms with Crippen LogP contribution in [0.15, 0.2) is 48.0 Å². The number of rotatable bonds is 9. The van der Waals surface area contributed by atoms with Gasteiger partial charge in [-0.1, -0.05) is 25.5 Å². The lowest BCUT2D eigenvalue weighted by atomic mass is 10.2. The van der Waals surface area contributed by atoms with Gasteiger partial charge in [-0.3, -0.25) is 4.79 Å². The third kappa shape index (κ3) is 5.79.